The van der Waals surface area contributed by atoms with Gasteiger partial charge in [0.25, 0.3) is 0 Å². The standard InChI is InChI=1S/C16H16S/c1-14(17-16-10-6-3-7-11-16)12-13-15-8-4-2-5-9-15/h2-14H,1H3/b13-12+. The minimum absolute atomic E-state index is 0.484. The zero-order valence-corrected chi connectivity index (χ0v) is 10.7. The number of hydrogen-bond acceptors (Lipinski definition) is 1. The fourth-order valence-corrected chi connectivity index (χ4v) is 2.46. The van der Waals surface area contributed by atoms with Crippen LogP contribution in [0, 0.1) is 0 Å². The van der Waals surface area contributed by atoms with Gasteiger partial charge in [0, 0.05) is 10.1 Å². The van der Waals surface area contributed by atoms with Crippen LogP contribution in [0.4, 0.5) is 0 Å². The Hall–Kier alpha value is -1.47. The maximum atomic E-state index is 2.24. The Morgan fingerprint density at radius 2 is 1.47 bits per heavy atom. The predicted molar refractivity (Wildman–Crippen MR) is 77.2 cm³/mol. The quantitative estimate of drug-likeness (QED) is 0.686. The number of hydrogen-bond donors (Lipinski definition) is 0. The molecule has 17 heavy (non-hydrogen) atoms. The Kier molecular flexibility index (Phi) is 4.45. The van der Waals surface area contributed by atoms with Gasteiger partial charge in [-0.05, 0) is 24.6 Å². The number of thioether (sulfide) groups is 1. The summed E-state index contributed by atoms with van der Waals surface area (Å²) in [5, 5.41) is 0.484. The lowest BCUT2D eigenvalue weighted by molar-refractivity contribution is 1.24. The van der Waals surface area contributed by atoms with Crippen LogP contribution in [0.15, 0.2) is 71.6 Å². The summed E-state index contributed by atoms with van der Waals surface area (Å²) < 4.78 is 0. The molecule has 2 aromatic carbocycles. The van der Waals surface area contributed by atoms with Crippen LogP contribution in [0.25, 0.3) is 6.08 Å². The summed E-state index contributed by atoms with van der Waals surface area (Å²) in [5.41, 5.74) is 1.26. The van der Waals surface area contributed by atoms with Gasteiger partial charge in [-0.1, -0.05) is 60.7 Å². The van der Waals surface area contributed by atoms with E-state index < -0.39 is 0 Å². The molecule has 2 aromatic rings. The van der Waals surface area contributed by atoms with E-state index in [1.54, 1.807) is 0 Å². The molecule has 0 saturated heterocycles. The van der Waals surface area contributed by atoms with E-state index in [9.17, 15) is 0 Å². The van der Waals surface area contributed by atoms with Crippen LogP contribution in [-0.4, -0.2) is 5.25 Å². The molecule has 0 bridgehead atoms. The van der Waals surface area contributed by atoms with E-state index in [0.717, 1.165) is 0 Å². The highest BCUT2D eigenvalue weighted by Crippen LogP contribution is 2.23. The molecule has 0 aliphatic carbocycles. The van der Waals surface area contributed by atoms with Crippen LogP contribution in [0.1, 0.15) is 12.5 Å². The first kappa shape index (κ1) is 12.0. The average molecular weight is 240 g/mol. The van der Waals surface area contributed by atoms with Crippen molar-refractivity contribution in [3.8, 4) is 0 Å². The Bertz CT molecular complexity index is 459. The summed E-state index contributed by atoms with van der Waals surface area (Å²) in [4.78, 5) is 1.32. The van der Waals surface area contributed by atoms with Crippen LogP contribution in [0.3, 0.4) is 0 Å². The lowest BCUT2D eigenvalue weighted by Gasteiger charge is -2.05. The second kappa shape index (κ2) is 6.31. The zero-order valence-electron chi connectivity index (χ0n) is 9.91. The van der Waals surface area contributed by atoms with Crippen LogP contribution < -0.4 is 0 Å². The summed E-state index contributed by atoms with van der Waals surface area (Å²) in [6.07, 6.45) is 4.42. The van der Waals surface area contributed by atoms with Gasteiger partial charge in [0.15, 0.2) is 0 Å². The smallest absolute Gasteiger partial charge is 0.0249 e. The van der Waals surface area contributed by atoms with Crippen molar-refractivity contribution in [3.63, 3.8) is 0 Å². The summed E-state index contributed by atoms with van der Waals surface area (Å²) in [5.74, 6) is 0. The van der Waals surface area contributed by atoms with Gasteiger partial charge in [0.2, 0.25) is 0 Å². The largest absolute Gasteiger partial charge is 0.119 e. The Balaban J connectivity index is 1.94. The third-order valence-corrected chi connectivity index (χ3v) is 3.50. The molecule has 0 heterocycles. The van der Waals surface area contributed by atoms with Gasteiger partial charge in [-0.2, -0.15) is 0 Å². The third kappa shape index (κ3) is 4.12. The topological polar surface area (TPSA) is 0 Å². The normalized spacial score (nSPS) is 12.8. The first-order chi connectivity index (χ1) is 8.34. The first-order valence-electron chi connectivity index (χ1n) is 5.79. The monoisotopic (exact) mass is 240 g/mol. The maximum Gasteiger partial charge on any atom is 0.0249 e. The van der Waals surface area contributed by atoms with Crippen LogP contribution in [-0.2, 0) is 0 Å². The van der Waals surface area contributed by atoms with E-state index in [0.29, 0.717) is 5.25 Å². The molecular weight excluding hydrogens is 224 g/mol. The van der Waals surface area contributed by atoms with Crippen molar-refractivity contribution in [1.29, 1.82) is 0 Å². The molecule has 0 aliphatic heterocycles. The van der Waals surface area contributed by atoms with Crippen LogP contribution >= 0.6 is 11.8 Å². The molecule has 1 atom stereocenters. The van der Waals surface area contributed by atoms with E-state index in [1.165, 1.54) is 10.5 Å². The average Bonchev–Trinajstić information content (AvgIpc) is 2.39. The van der Waals surface area contributed by atoms with Gasteiger partial charge in [0.1, 0.15) is 0 Å². The Labute approximate surface area is 107 Å². The van der Waals surface area contributed by atoms with E-state index >= 15 is 0 Å². The summed E-state index contributed by atoms with van der Waals surface area (Å²) in [6.45, 7) is 2.22. The van der Waals surface area contributed by atoms with Gasteiger partial charge >= 0.3 is 0 Å². The number of rotatable bonds is 4. The molecule has 0 saturated carbocycles. The van der Waals surface area contributed by atoms with Gasteiger partial charge in [0.05, 0.1) is 0 Å². The molecule has 1 heteroatoms. The van der Waals surface area contributed by atoms with Crippen LogP contribution in [0.5, 0.6) is 0 Å². The molecule has 0 fully saturated rings. The Morgan fingerprint density at radius 1 is 0.882 bits per heavy atom. The fraction of sp³-hybridized carbons (Fsp3) is 0.125. The Morgan fingerprint density at radius 3 is 2.12 bits per heavy atom. The van der Waals surface area contributed by atoms with Gasteiger partial charge in [-0.3, -0.25) is 0 Å². The summed E-state index contributed by atoms with van der Waals surface area (Å²) in [7, 11) is 0. The molecule has 0 aliphatic rings. The number of benzene rings is 2. The van der Waals surface area contributed by atoms with E-state index in [4.69, 9.17) is 0 Å². The highest BCUT2D eigenvalue weighted by Gasteiger charge is 1.99. The second-order valence-electron chi connectivity index (χ2n) is 3.91. The van der Waals surface area contributed by atoms with Gasteiger partial charge < -0.3 is 0 Å². The predicted octanol–water partition coefficient (Wildman–Crippen LogP) is 4.88. The van der Waals surface area contributed by atoms with E-state index in [2.05, 4.69) is 73.7 Å². The molecule has 0 nitrogen and oxygen atoms in total. The molecule has 86 valence electrons. The van der Waals surface area contributed by atoms with Crippen LogP contribution in [0.2, 0.25) is 0 Å². The molecule has 0 N–H and O–H groups in total. The fourth-order valence-electron chi connectivity index (χ4n) is 1.56. The van der Waals surface area contributed by atoms with Crippen molar-refractivity contribution in [2.75, 3.05) is 0 Å². The van der Waals surface area contributed by atoms with Crippen molar-refractivity contribution in [3.05, 3.63) is 72.3 Å². The van der Waals surface area contributed by atoms with Crippen molar-refractivity contribution in [1.82, 2.24) is 0 Å². The molecule has 0 aromatic heterocycles. The van der Waals surface area contributed by atoms with Crippen molar-refractivity contribution in [2.45, 2.75) is 17.1 Å². The zero-order chi connectivity index (χ0) is 11.9. The lowest BCUT2D eigenvalue weighted by Crippen LogP contribution is -1.88. The molecule has 0 spiro atoms. The minimum Gasteiger partial charge on any atom is -0.119 e. The SMILES string of the molecule is CC(/C=C/c1ccccc1)Sc1ccccc1. The van der Waals surface area contributed by atoms with Gasteiger partial charge in [-0.15, -0.1) is 11.8 Å². The van der Waals surface area contributed by atoms with Crippen molar-refractivity contribution < 1.29 is 0 Å². The van der Waals surface area contributed by atoms with E-state index in [-0.39, 0.29) is 0 Å². The molecule has 2 rings (SSSR count). The molecule has 1 unspecified atom stereocenters. The highest BCUT2D eigenvalue weighted by molar-refractivity contribution is 8.00. The molecule has 0 radical (unpaired) electrons. The first-order valence-corrected chi connectivity index (χ1v) is 6.67. The maximum absolute atomic E-state index is 2.24. The summed E-state index contributed by atoms with van der Waals surface area (Å²) in [6, 6.07) is 20.9. The summed E-state index contributed by atoms with van der Waals surface area (Å²) >= 11 is 1.88. The van der Waals surface area contributed by atoms with Gasteiger partial charge in [-0.25, -0.2) is 0 Å². The molecular formula is C16H16S. The highest BCUT2D eigenvalue weighted by atomic mass is 32.2. The van der Waals surface area contributed by atoms with Crippen molar-refractivity contribution in [2.24, 2.45) is 0 Å². The van der Waals surface area contributed by atoms with E-state index in [1.807, 2.05) is 17.8 Å². The second-order valence-corrected chi connectivity index (χ2v) is 5.36. The van der Waals surface area contributed by atoms with Crippen molar-refractivity contribution >= 4 is 17.8 Å². The molecule has 0 amide bonds. The lowest BCUT2D eigenvalue weighted by atomic mass is 10.2. The minimum atomic E-state index is 0.484. The third-order valence-electron chi connectivity index (χ3n) is 2.42.